The monoisotopic (exact) mass is 745 g/mol. The molecule has 3 nitrogen and oxygen atoms in total. The zero-order chi connectivity index (χ0) is 38.5. The zero-order valence-electron chi connectivity index (χ0n) is 32.4. The van der Waals surface area contributed by atoms with Gasteiger partial charge in [0.25, 0.3) is 0 Å². The second-order valence-electron chi connectivity index (χ2n) is 16.4. The number of anilines is 2. The van der Waals surface area contributed by atoms with Gasteiger partial charge in [-0.1, -0.05) is 159 Å². The quantitative estimate of drug-likeness (QED) is 0.176. The molecule has 3 heteroatoms. The van der Waals surface area contributed by atoms with E-state index >= 15 is 0 Å². The Hall–Kier alpha value is -7.10. The van der Waals surface area contributed by atoms with Gasteiger partial charge < -0.3 is 13.7 Å². The van der Waals surface area contributed by atoms with E-state index in [1.165, 1.54) is 49.9 Å². The van der Waals surface area contributed by atoms with Crippen LogP contribution >= 0.6 is 0 Å². The number of hydrogen-bond acceptors (Lipinski definition) is 3. The summed E-state index contributed by atoms with van der Waals surface area (Å²) in [4.78, 5) is 2.53. The van der Waals surface area contributed by atoms with Crippen LogP contribution in [-0.4, -0.2) is 6.04 Å². The van der Waals surface area contributed by atoms with Gasteiger partial charge in [0.15, 0.2) is 5.58 Å². The van der Waals surface area contributed by atoms with E-state index in [0.29, 0.717) is 6.42 Å². The van der Waals surface area contributed by atoms with Gasteiger partial charge in [0.05, 0.1) is 11.7 Å². The van der Waals surface area contributed by atoms with E-state index in [-0.39, 0.29) is 11.5 Å². The maximum atomic E-state index is 7.12. The Kier molecular flexibility index (Phi) is 7.10. The Morgan fingerprint density at radius 3 is 1.98 bits per heavy atom. The maximum Gasteiger partial charge on any atom is 0.159 e. The lowest BCUT2D eigenvalue weighted by atomic mass is 9.82. The minimum atomic E-state index is -0.160. The molecule has 12 rings (SSSR count). The van der Waals surface area contributed by atoms with E-state index in [4.69, 9.17) is 8.83 Å². The molecule has 2 aliphatic rings. The van der Waals surface area contributed by atoms with Crippen molar-refractivity contribution in [2.45, 2.75) is 31.7 Å². The fourth-order valence-corrected chi connectivity index (χ4v) is 10.1. The molecule has 0 bridgehead atoms. The predicted octanol–water partition coefficient (Wildman–Crippen LogP) is 14.8. The first-order valence-electron chi connectivity index (χ1n) is 20.3. The van der Waals surface area contributed by atoms with Crippen LogP contribution in [0.15, 0.2) is 185 Å². The highest BCUT2D eigenvalue weighted by Gasteiger charge is 2.38. The van der Waals surface area contributed by atoms with E-state index in [0.717, 1.165) is 61.0 Å². The Labute approximate surface area is 337 Å². The van der Waals surface area contributed by atoms with Crippen molar-refractivity contribution in [3.05, 3.63) is 204 Å². The summed E-state index contributed by atoms with van der Waals surface area (Å²) in [6.07, 6.45) is 3.07. The van der Waals surface area contributed by atoms with E-state index in [1.54, 1.807) is 0 Å². The molecule has 0 aliphatic heterocycles. The summed E-state index contributed by atoms with van der Waals surface area (Å²) in [7, 11) is 0. The smallest absolute Gasteiger partial charge is 0.159 e. The molecule has 1 atom stereocenters. The third kappa shape index (κ3) is 4.80. The minimum absolute atomic E-state index is 0.126. The van der Waals surface area contributed by atoms with Gasteiger partial charge in [0.2, 0.25) is 0 Å². The Morgan fingerprint density at radius 2 is 1.16 bits per heavy atom. The zero-order valence-corrected chi connectivity index (χ0v) is 32.4. The van der Waals surface area contributed by atoms with Gasteiger partial charge in [-0.15, -0.1) is 0 Å². The lowest BCUT2D eigenvalue weighted by Crippen LogP contribution is -2.36. The molecule has 8 aromatic carbocycles. The molecule has 10 aromatic rings. The van der Waals surface area contributed by atoms with E-state index in [9.17, 15) is 0 Å². The summed E-state index contributed by atoms with van der Waals surface area (Å²) >= 11 is 0. The molecule has 2 heterocycles. The van der Waals surface area contributed by atoms with Gasteiger partial charge in [-0.2, -0.15) is 0 Å². The van der Waals surface area contributed by atoms with Crippen LogP contribution in [0.25, 0.3) is 77.6 Å². The van der Waals surface area contributed by atoms with Crippen LogP contribution in [-0.2, 0) is 11.8 Å². The summed E-state index contributed by atoms with van der Waals surface area (Å²) in [6, 6.07) is 63.5. The fraction of sp³-hybridized carbons (Fsp3) is 0.0909. The van der Waals surface area contributed by atoms with Crippen molar-refractivity contribution >= 4 is 66.7 Å². The standard InChI is InChI=1S/C55H39NO2/c1-55(2)47-25-13-11-21-38(47)39-29-28-36(30-48(39)55)56(49-26-15-24-42-40-22-12-14-27-51(40)57-54(42)49)50-33-52-45(32-44(50)35-18-7-4-8-19-35)46-31-43(34-16-5-3-6-17-34)37-20-9-10-23-41(37)53(46)58-52/h3-32,50H,33H2,1-2H3. The van der Waals surface area contributed by atoms with Gasteiger partial charge in [0, 0.05) is 44.6 Å². The number of nitrogens with zero attached hydrogens (tertiary/aromatic N) is 1. The molecule has 2 aliphatic carbocycles. The van der Waals surface area contributed by atoms with Crippen LogP contribution in [0.1, 0.15) is 41.9 Å². The highest BCUT2D eigenvalue weighted by Crippen LogP contribution is 2.52. The summed E-state index contributed by atoms with van der Waals surface area (Å²) in [6.45, 7) is 4.72. The van der Waals surface area contributed by atoms with Gasteiger partial charge >= 0.3 is 0 Å². The predicted molar refractivity (Wildman–Crippen MR) is 241 cm³/mol. The van der Waals surface area contributed by atoms with Crippen molar-refractivity contribution < 1.29 is 8.83 Å². The van der Waals surface area contributed by atoms with E-state index in [1.807, 2.05) is 0 Å². The second kappa shape index (κ2) is 12.4. The number of benzene rings is 8. The van der Waals surface area contributed by atoms with Gasteiger partial charge in [-0.3, -0.25) is 0 Å². The number of hydrogen-bond donors (Lipinski definition) is 0. The molecule has 0 saturated carbocycles. The molecule has 0 radical (unpaired) electrons. The molecular formula is C55H39NO2. The molecule has 2 aromatic heterocycles. The normalized spacial score (nSPS) is 15.4. The highest BCUT2D eigenvalue weighted by molar-refractivity contribution is 6.15. The van der Waals surface area contributed by atoms with Crippen molar-refractivity contribution in [1.29, 1.82) is 0 Å². The lowest BCUT2D eigenvalue weighted by Gasteiger charge is -2.38. The molecule has 0 N–H and O–H groups in total. The number of rotatable bonds is 5. The van der Waals surface area contributed by atoms with Gasteiger partial charge in [-0.05, 0) is 86.3 Å². The van der Waals surface area contributed by atoms with Crippen molar-refractivity contribution in [3.8, 4) is 22.3 Å². The molecular weight excluding hydrogens is 707 g/mol. The molecule has 0 fully saturated rings. The third-order valence-corrected chi connectivity index (χ3v) is 12.8. The van der Waals surface area contributed by atoms with Crippen LogP contribution in [0, 0.1) is 0 Å². The van der Waals surface area contributed by atoms with Crippen LogP contribution in [0.2, 0.25) is 0 Å². The molecule has 0 saturated heterocycles. The van der Waals surface area contributed by atoms with Crippen LogP contribution in [0.3, 0.4) is 0 Å². The SMILES string of the molecule is CC1(C)c2ccccc2-c2ccc(N(c3cccc4c3oc3ccccc34)C3Cc4oc5c(cc(-c6ccccc6)c6ccccc65)c4C=C3c3ccccc3)cc21. The fourth-order valence-electron chi connectivity index (χ4n) is 10.1. The van der Waals surface area contributed by atoms with Crippen LogP contribution < -0.4 is 4.90 Å². The average molecular weight is 746 g/mol. The molecule has 1 unspecified atom stereocenters. The van der Waals surface area contributed by atoms with Crippen molar-refractivity contribution in [3.63, 3.8) is 0 Å². The first-order chi connectivity index (χ1) is 28.5. The second-order valence-corrected chi connectivity index (χ2v) is 16.4. The van der Waals surface area contributed by atoms with E-state index in [2.05, 4.69) is 201 Å². The third-order valence-electron chi connectivity index (χ3n) is 12.8. The first kappa shape index (κ1) is 33.1. The highest BCUT2D eigenvalue weighted by atomic mass is 16.3. The maximum absolute atomic E-state index is 7.12. The lowest BCUT2D eigenvalue weighted by molar-refractivity contribution is 0.534. The molecule has 58 heavy (non-hydrogen) atoms. The minimum Gasteiger partial charge on any atom is -0.460 e. The summed E-state index contributed by atoms with van der Waals surface area (Å²) < 4.78 is 14.0. The average Bonchev–Trinajstić information content (AvgIpc) is 3.91. The topological polar surface area (TPSA) is 29.5 Å². The van der Waals surface area contributed by atoms with Gasteiger partial charge in [-0.25, -0.2) is 0 Å². The summed E-state index contributed by atoms with van der Waals surface area (Å²) in [5.74, 6) is 0.991. The Bertz CT molecular complexity index is 3290. The summed E-state index contributed by atoms with van der Waals surface area (Å²) in [5.41, 5.74) is 16.0. The number of furan rings is 2. The summed E-state index contributed by atoms with van der Waals surface area (Å²) in [5, 5.41) is 5.69. The molecule has 0 amide bonds. The molecule has 276 valence electrons. The van der Waals surface area contributed by atoms with Crippen LogP contribution in [0.5, 0.6) is 0 Å². The van der Waals surface area contributed by atoms with Crippen molar-refractivity contribution in [2.75, 3.05) is 4.90 Å². The van der Waals surface area contributed by atoms with Crippen LogP contribution in [0.4, 0.5) is 11.4 Å². The Balaban J connectivity index is 1.13. The van der Waals surface area contributed by atoms with Crippen molar-refractivity contribution in [2.24, 2.45) is 0 Å². The first-order valence-corrected chi connectivity index (χ1v) is 20.3. The van der Waals surface area contributed by atoms with Gasteiger partial charge in [0.1, 0.15) is 16.9 Å². The number of para-hydroxylation sites is 2. The van der Waals surface area contributed by atoms with Crippen molar-refractivity contribution in [1.82, 2.24) is 0 Å². The largest absolute Gasteiger partial charge is 0.460 e. The van der Waals surface area contributed by atoms with E-state index < -0.39 is 0 Å². The molecule has 0 spiro atoms. The Morgan fingerprint density at radius 1 is 0.500 bits per heavy atom. The number of fused-ring (bicyclic) bond motifs is 11.